The zero-order chi connectivity index (χ0) is 27.6. The van der Waals surface area contributed by atoms with Gasteiger partial charge in [-0.05, 0) is 49.9 Å². The third-order valence-corrected chi connectivity index (χ3v) is 5.93. The van der Waals surface area contributed by atoms with E-state index in [0.717, 1.165) is 25.0 Å². The van der Waals surface area contributed by atoms with Gasteiger partial charge in [-0.2, -0.15) is 8.78 Å². The molecule has 5 N–H and O–H groups in total. The Labute approximate surface area is 220 Å². The number of aromatic nitrogens is 1. The number of carbonyl (C=O) groups excluding carboxylic acids is 1. The maximum Gasteiger partial charge on any atom is 0.387 e. The molecule has 2 atom stereocenters. The Morgan fingerprint density at radius 2 is 1.95 bits per heavy atom. The second-order valence-corrected chi connectivity index (χ2v) is 9.26. The van der Waals surface area contributed by atoms with Crippen molar-refractivity contribution in [3.05, 3.63) is 65.1 Å². The molecule has 1 fully saturated rings. The van der Waals surface area contributed by atoms with Crippen LogP contribution in [0, 0.1) is 17.6 Å². The van der Waals surface area contributed by atoms with E-state index in [1.54, 1.807) is 6.92 Å². The summed E-state index contributed by atoms with van der Waals surface area (Å²) in [4.78, 5) is 17.1. The van der Waals surface area contributed by atoms with E-state index in [1.165, 1.54) is 18.2 Å². The molecule has 0 saturated heterocycles. The number of rotatable bonds is 11. The van der Waals surface area contributed by atoms with E-state index in [4.69, 9.17) is 32.8 Å². The third-order valence-electron chi connectivity index (χ3n) is 5.69. The molecule has 8 nitrogen and oxygen atoms in total. The monoisotopic (exact) mass is 552 g/mol. The van der Waals surface area contributed by atoms with Crippen molar-refractivity contribution in [1.82, 2.24) is 10.3 Å². The van der Waals surface area contributed by atoms with Crippen LogP contribution in [0.2, 0.25) is 0 Å². The van der Waals surface area contributed by atoms with Gasteiger partial charge in [0.1, 0.15) is 22.7 Å². The van der Waals surface area contributed by atoms with Crippen molar-refractivity contribution >= 4 is 23.1 Å². The lowest BCUT2D eigenvalue weighted by Crippen LogP contribution is -2.37. The minimum absolute atomic E-state index is 0.00729. The van der Waals surface area contributed by atoms with Gasteiger partial charge in [0.2, 0.25) is 5.89 Å². The first kappa shape index (κ1) is 27.3. The molecule has 1 aliphatic rings. The SMILES string of the molecule is C[C@H](N)c1oc(-c2ccc(OC(F)F)c(OCC3CC3)c2)nc1C(=O)N[C@H](C(N)=S)c1ccc(F)cc1F. The topological polar surface area (TPSA) is 126 Å². The van der Waals surface area contributed by atoms with Crippen LogP contribution in [0.25, 0.3) is 11.5 Å². The minimum Gasteiger partial charge on any atom is -0.489 e. The number of alkyl halides is 2. The number of hydrogen-bond acceptors (Lipinski definition) is 7. The van der Waals surface area contributed by atoms with Crippen LogP contribution in [0.1, 0.15) is 53.7 Å². The summed E-state index contributed by atoms with van der Waals surface area (Å²) in [7, 11) is 0. The molecule has 3 aromatic rings. The summed E-state index contributed by atoms with van der Waals surface area (Å²) in [6.45, 7) is -1.18. The van der Waals surface area contributed by atoms with Gasteiger partial charge in [0.05, 0.1) is 12.6 Å². The smallest absolute Gasteiger partial charge is 0.387 e. The van der Waals surface area contributed by atoms with E-state index in [1.807, 2.05) is 0 Å². The highest BCUT2D eigenvalue weighted by molar-refractivity contribution is 7.80. The predicted molar refractivity (Wildman–Crippen MR) is 133 cm³/mol. The summed E-state index contributed by atoms with van der Waals surface area (Å²) in [6, 6.07) is 4.76. The van der Waals surface area contributed by atoms with Crippen LogP contribution in [-0.2, 0) is 0 Å². The van der Waals surface area contributed by atoms with Gasteiger partial charge in [-0.25, -0.2) is 13.8 Å². The average molecular weight is 553 g/mol. The highest BCUT2D eigenvalue weighted by Gasteiger charge is 2.29. The molecule has 4 rings (SSSR count). The lowest BCUT2D eigenvalue weighted by atomic mass is 10.1. The quantitative estimate of drug-likeness (QED) is 0.229. The van der Waals surface area contributed by atoms with Gasteiger partial charge in [-0.15, -0.1) is 0 Å². The molecule has 0 radical (unpaired) electrons. The zero-order valence-electron chi connectivity index (χ0n) is 20.0. The highest BCUT2D eigenvalue weighted by atomic mass is 32.1. The van der Waals surface area contributed by atoms with Crippen molar-refractivity contribution in [1.29, 1.82) is 0 Å². The number of oxazole rings is 1. The third kappa shape index (κ3) is 6.40. The fraction of sp³-hybridized carbons (Fsp3) is 0.320. The number of thiocarbonyl (C=S) groups is 1. The first-order valence-electron chi connectivity index (χ1n) is 11.6. The summed E-state index contributed by atoms with van der Waals surface area (Å²) < 4.78 is 69.5. The van der Waals surface area contributed by atoms with E-state index in [2.05, 4.69) is 15.0 Å². The average Bonchev–Trinajstić information content (AvgIpc) is 3.56. The standard InChI is InChI=1S/C25H24F4N4O4S/c1-11(30)21-20(23(34)32-19(22(31)38)15-6-5-14(26)9-16(15)27)33-24(37-21)13-4-7-17(36-25(28)29)18(8-13)35-10-12-2-3-12/h4-9,11-12,19,25H,2-3,10,30H2,1H3,(H2,31,38)(H,32,34)/t11-,19-/m0/s1. The number of halogens is 4. The van der Waals surface area contributed by atoms with Gasteiger partial charge in [0, 0.05) is 17.2 Å². The number of hydrogen-bond donors (Lipinski definition) is 3. The van der Waals surface area contributed by atoms with Gasteiger partial charge in [0.25, 0.3) is 5.91 Å². The fourth-order valence-corrected chi connectivity index (χ4v) is 3.79. The summed E-state index contributed by atoms with van der Waals surface area (Å²) in [5.74, 6) is -2.44. The van der Waals surface area contributed by atoms with E-state index >= 15 is 0 Å². The molecule has 202 valence electrons. The molecule has 0 aliphatic heterocycles. The predicted octanol–water partition coefficient (Wildman–Crippen LogP) is 4.79. The lowest BCUT2D eigenvalue weighted by Gasteiger charge is -2.18. The first-order chi connectivity index (χ1) is 18.0. The lowest BCUT2D eigenvalue weighted by molar-refractivity contribution is -0.0515. The maximum atomic E-state index is 14.4. The Morgan fingerprint density at radius 1 is 1.21 bits per heavy atom. The first-order valence-corrected chi connectivity index (χ1v) is 12.0. The Hall–Kier alpha value is -3.71. The van der Waals surface area contributed by atoms with Crippen LogP contribution in [0.4, 0.5) is 17.6 Å². The Bertz CT molecular complexity index is 1350. The second kappa shape index (κ2) is 11.4. The normalized spacial score (nSPS) is 14.7. The Morgan fingerprint density at radius 3 is 2.55 bits per heavy atom. The van der Waals surface area contributed by atoms with Gasteiger partial charge in [-0.3, -0.25) is 4.79 Å². The van der Waals surface area contributed by atoms with Crippen LogP contribution in [0.3, 0.4) is 0 Å². The van der Waals surface area contributed by atoms with Crippen LogP contribution >= 0.6 is 12.2 Å². The van der Waals surface area contributed by atoms with E-state index < -0.39 is 36.2 Å². The van der Waals surface area contributed by atoms with Crippen molar-refractivity contribution in [3.63, 3.8) is 0 Å². The van der Waals surface area contributed by atoms with Gasteiger partial charge in [-0.1, -0.05) is 18.3 Å². The minimum atomic E-state index is -3.06. The number of nitrogens with one attached hydrogen (secondary N) is 1. The molecule has 1 saturated carbocycles. The molecule has 1 heterocycles. The summed E-state index contributed by atoms with van der Waals surface area (Å²) in [5, 5.41) is 2.48. The summed E-state index contributed by atoms with van der Waals surface area (Å²) >= 11 is 4.98. The molecule has 1 aromatic heterocycles. The van der Waals surface area contributed by atoms with Crippen molar-refractivity contribution in [3.8, 4) is 23.0 Å². The van der Waals surface area contributed by atoms with Crippen LogP contribution in [-0.4, -0.2) is 29.1 Å². The summed E-state index contributed by atoms with van der Waals surface area (Å²) in [5.41, 5.74) is 11.6. The molecular formula is C25H24F4N4O4S. The van der Waals surface area contributed by atoms with E-state index in [0.29, 0.717) is 24.2 Å². The molecule has 0 spiro atoms. The van der Waals surface area contributed by atoms with E-state index in [-0.39, 0.29) is 39.4 Å². The van der Waals surface area contributed by atoms with Gasteiger partial charge < -0.3 is 30.7 Å². The van der Waals surface area contributed by atoms with Gasteiger partial charge >= 0.3 is 6.61 Å². The van der Waals surface area contributed by atoms with E-state index in [9.17, 15) is 22.4 Å². The number of carbonyl (C=O) groups is 1. The fourth-order valence-electron chi connectivity index (χ4n) is 3.60. The van der Waals surface area contributed by atoms with Crippen LogP contribution < -0.4 is 26.3 Å². The molecule has 2 aromatic carbocycles. The molecule has 1 aliphatic carbocycles. The molecular weight excluding hydrogens is 528 g/mol. The second-order valence-electron chi connectivity index (χ2n) is 8.79. The largest absolute Gasteiger partial charge is 0.489 e. The maximum absolute atomic E-state index is 14.4. The summed E-state index contributed by atoms with van der Waals surface area (Å²) in [6.07, 6.45) is 1.96. The Balaban J connectivity index is 1.65. The van der Waals surface area contributed by atoms with Crippen molar-refractivity contribution in [2.24, 2.45) is 17.4 Å². The number of benzene rings is 2. The number of nitrogens with two attached hydrogens (primary N) is 2. The highest BCUT2D eigenvalue weighted by Crippen LogP contribution is 2.37. The van der Waals surface area contributed by atoms with Crippen molar-refractivity contribution < 1.29 is 36.2 Å². The van der Waals surface area contributed by atoms with Crippen molar-refractivity contribution in [2.45, 2.75) is 38.5 Å². The van der Waals surface area contributed by atoms with Crippen LogP contribution in [0.15, 0.2) is 40.8 Å². The molecule has 13 heteroatoms. The zero-order valence-corrected chi connectivity index (χ0v) is 20.9. The van der Waals surface area contributed by atoms with Crippen LogP contribution in [0.5, 0.6) is 11.5 Å². The number of amides is 1. The Kier molecular flexibility index (Phi) is 8.17. The molecule has 1 amide bonds. The van der Waals surface area contributed by atoms with Crippen molar-refractivity contribution in [2.75, 3.05) is 6.61 Å². The number of ether oxygens (including phenoxy) is 2. The van der Waals surface area contributed by atoms with Gasteiger partial charge in [0.15, 0.2) is 23.0 Å². The molecule has 0 unspecified atom stereocenters. The molecule has 0 bridgehead atoms. The molecule has 38 heavy (non-hydrogen) atoms. The number of nitrogens with zero attached hydrogens (tertiary/aromatic N) is 1.